The van der Waals surface area contributed by atoms with Gasteiger partial charge in [-0.3, -0.25) is 5.32 Å². The fourth-order valence-corrected chi connectivity index (χ4v) is 1.64. The number of nitrogens with one attached hydrogen (secondary N) is 1. The molecule has 0 spiro atoms. The lowest BCUT2D eigenvalue weighted by atomic mass is 9.95. The van der Waals surface area contributed by atoms with Crippen LogP contribution in [-0.2, 0) is 0 Å². The van der Waals surface area contributed by atoms with Crippen LogP contribution in [0.15, 0.2) is 0 Å². The van der Waals surface area contributed by atoms with E-state index in [1.807, 2.05) is 6.92 Å². The fraction of sp³-hybridized carbons (Fsp3) is 1.00. The number of hydrogen-bond donors (Lipinski definition) is 2. The van der Waals surface area contributed by atoms with Crippen molar-refractivity contribution in [1.82, 2.24) is 5.32 Å². The van der Waals surface area contributed by atoms with E-state index in [1.165, 1.54) is 32.1 Å². The van der Waals surface area contributed by atoms with Gasteiger partial charge in [-0.05, 0) is 19.8 Å². The van der Waals surface area contributed by atoms with E-state index in [0.717, 1.165) is 0 Å². The summed E-state index contributed by atoms with van der Waals surface area (Å²) in [6.45, 7) is 2.01. The normalized spacial score (nSPS) is 24.6. The van der Waals surface area contributed by atoms with Crippen molar-refractivity contribution in [2.45, 2.75) is 51.2 Å². The van der Waals surface area contributed by atoms with Crippen LogP contribution in [0.25, 0.3) is 0 Å². The molecular weight excluding hydrogens is 124 g/mol. The van der Waals surface area contributed by atoms with Crippen molar-refractivity contribution in [3.8, 4) is 0 Å². The van der Waals surface area contributed by atoms with Crippen molar-refractivity contribution in [1.29, 1.82) is 0 Å². The van der Waals surface area contributed by atoms with Crippen LogP contribution in [0.5, 0.6) is 0 Å². The first-order valence-electron chi connectivity index (χ1n) is 4.30. The maximum Gasteiger partial charge on any atom is 0.0519 e. The summed E-state index contributed by atoms with van der Waals surface area (Å²) in [7, 11) is 0. The molecule has 0 radical (unpaired) electrons. The Bertz CT molecular complexity index is 85.3. The molecule has 1 aliphatic carbocycles. The lowest BCUT2D eigenvalue weighted by Gasteiger charge is -2.24. The zero-order valence-corrected chi connectivity index (χ0v) is 6.77. The fourth-order valence-electron chi connectivity index (χ4n) is 1.64. The van der Waals surface area contributed by atoms with Gasteiger partial charge in [-0.1, -0.05) is 19.3 Å². The molecule has 1 atom stereocenters. The Hall–Kier alpha value is -0.0800. The molecule has 2 heteroatoms. The molecule has 1 saturated carbocycles. The predicted octanol–water partition coefficient (Wildman–Crippen LogP) is 1.21. The van der Waals surface area contributed by atoms with Gasteiger partial charge in [0.25, 0.3) is 0 Å². The molecule has 2 nitrogen and oxygen atoms in total. The highest BCUT2D eigenvalue weighted by Gasteiger charge is 2.12. The lowest BCUT2D eigenvalue weighted by molar-refractivity contribution is 0.347. The maximum atomic E-state index is 5.61. The highest BCUT2D eigenvalue weighted by molar-refractivity contribution is 4.72. The standard InChI is InChI=1S/C8H18N2/c1-7(9)10-8-5-3-2-4-6-8/h7-8,10H,2-6,9H2,1H3. The van der Waals surface area contributed by atoms with Crippen LogP contribution in [-0.4, -0.2) is 12.2 Å². The minimum Gasteiger partial charge on any atom is -0.316 e. The van der Waals surface area contributed by atoms with E-state index in [0.29, 0.717) is 6.04 Å². The highest BCUT2D eigenvalue weighted by Crippen LogP contribution is 2.17. The maximum absolute atomic E-state index is 5.61. The summed E-state index contributed by atoms with van der Waals surface area (Å²) in [4.78, 5) is 0. The molecule has 0 aromatic rings. The Balaban J connectivity index is 2.13. The summed E-state index contributed by atoms with van der Waals surface area (Å²) in [5.74, 6) is 0. The Morgan fingerprint density at radius 2 is 1.90 bits per heavy atom. The summed E-state index contributed by atoms with van der Waals surface area (Å²) >= 11 is 0. The molecule has 0 amide bonds. The van der Waals surface area contributed by atoms with Gasteiger partial charge in [0.15, 0.2) is 0 Å². The molecular formula is C8H18N2. The van der Waals surface area contributed by atoms with E-state index in [2.05, 4.69) is 5.32 Å². The Labute approximate surface area is 63.2 Å². The SMILES string of the molecule is CC(N)NC1CCCCC1. The molecule has 0 aliphatic heterocycles. The van der Waals surface area contributed by atoms with Crippen molar-refractivity contribution < 1.29 is 0 Å². The van der Waals surface area contributed by atoms with Crippen LogP contribution < -0.4 is 11.1 Å². The second kappa shape index (κ2) is 3.94. The summed E-state index contributed by atoms with van der Waals surface area (Å²) in [6.07, 6.45) is 6.98. The summed E-state index contributed by atoms with van der Waals surface area (Å²) in [5, 5.41) is 3.36. The third-order valence-corrected chi connectivity index (χ3v) is 2.10. The van der Waals surface area contributed by atoms with Gasteiger partial charge >= 0.3 is 0 Å². The summed E-state index contributed by atoms with van der Waals surface area (Å²) in [5.41, 5.74) is 5.61. The summed E-state index contributed by atoms with van der Waals surface area (Å²) in [6, 6.07) is 0.703. The molecule has 1 unspecified atom stereocenters. The van der Waals surface area contributed by atoms with Crippen LogP contribution >= 0.6 is 0 Å². The highest BCUT2D eigenvalue weighted by atomic mass is 15.0. The molecule has 60 valence electrons. The van der Waals surface area contributed by atoms with Gasteiger partial charge in [0.2, 0.25) is 0 Å². The zero-order valence-electron chi connectivity index (χ0n) is 6.77. The Morgan fingerprint density at radius 1 is 1.30 bits per heavy atom. The second-order valence-electron chi connectivity index (χ2n) is 3.29. The number of hydrogen-bond acceptors (Lipinski definition) is 2. The van der Waals surface area contributed by atoms with Crippen LogP contribution in [0, 0.1) is 0 Å². The van der Waals surface area contributed by atoms with E-state index < -0.39 is 0 Å². The Kier molecular flexibility index (Phi) is 3.16. The smallest absolute Gasteiger partial charge is 0.0519 e. The Morgan fingerprint density at radius 3 is 2.40 bits per heavy atom. The van der Waals surface area contributed by atoms with Crippen LogP contribution in [0.3, 0.4) is 0 Å². The monoisotopic (exact) mass is 142 g/mol. The molecule has 10 heavy (non-hydrogen) atoms. The van der Waals surface area contributed by atoms with Gasteiger partial charge in [0.1, 0.15) is 0 Å². The third-order valence-electron chi connectivity index (χ3n) is 2.10. The number of rotatable bonds is 2. The number of nitrogens with two attached hydrogens (primary N) is 1. The average Bonchev–Trinajstić information content (AvgIpc) is 1.88. The molecule has 0 aromatic carbocycles. The predicted molar refractivity (Wildman–Crippen MR) is 43.7 cm³/mol. The molecule has 1 rings (SSSR count). The van der Waals surface area contributed by atoms with Crippen LogP contribution in [0.2, 0.25) is 0 Å². The van der Waals surface area contributed by atoms with Crippen molar-refractivity contribution in [3.05, 3.63) is 0 Å². The van der Waals surface area contributed by atoms with Gasteiger partial charge < -0.3 is 5.73 Å². The second-order valence-corrected chi connectivity index (χ2v) is 3.29. The average molecular weight is 142 g/mol. The van der Waals surface area contributed by atoms with Crippen molar-refractivity contribution in [2.75, 3.05) is 0 Å². The quantitative estimate of drug-likeness (QED) is 0.569. The summed E-state index contributed by atoms with van der Waals surface area (Å²) < 4.78 is 0. The van der Waals surface area contributed by atoms with E-state index in [4.69, 9.17) is 5.73 Å². The van der Waals surface area contributed by atoms with Crippen LogP contribution in [0.1, 0.15) is 39.0 Å². The van der Waals surface area contributed by atoms with Crippen molar-refractivity contribution in [2.24, 2.45) is 5.73 Å². The van der Waals surface area contributed by atoms with Crippen molar-refractivity contribution >= 4 is 0 Å². The largest absolute Gasteiger partial charge is 0.316 e. The van der Waals surface area contributed by atoms with Gasteiger partial charge in [-0.15, -0.1) is 0 Å². The first-order valence-corrected chi connectivity index (χ1v) is 4.30. The van der Waals surface area contributed by atoms with Crippen molar-refractivity contribution in [3.63, 3.8) is 0 Å². The van der Waals surface area contributed by atoms with E-state index in [9.17, 15) is 0 Å². The van der Waals surface area contributed by atoms with Gasteiger partial charge in [0, 0.05) is 6.04 Å². The minimum atomic E-state index is 0.170. The molecule has 1 fully saturated rings. The van der Waals surface area contributed by atoms with E-state index in [-0.39, 0.29) is 6.17 Å². The molecule has 0 aromatic heterocycles. The molecule has 1 aliphatic rings. The van der Waals surface area contributed by atoms with E-state index in [1.54, 1.807) is 0 Å². The first-order chi connectivity index (χ1) is 4.79. The topological polar surface area (TPSA) is 38.0 Å². The first kappa shape index (κ1) is 8.02. The van der Waals surface area contributed by atoms with E-state index >= 15 is 0 Å². The molecule has 0 saturated heterocycles. The van der Waals surface area contributed by atoms with Gasteiger partial charge in [0.05, 0.1) is 6.17 Å². The zero-order chi connectivity index (χ0) is 7.40. The minimum absolute atomic E-state index is 0.170. The van der Waals surface area contributed by atoms with Gasteiger partial charge in [-0.2, -0.15) is 0 Å². The lowest BCUT2D eigenvalue weighted by Crippen LogP contribution is -2.42. The molecule has 0 bridgehead atoms. The van der Waals surface area contributed by atoms with Gasteiger partial charge in [-0.25, -0.2) is 0 Å². The molecule has 3 N–H and O–H groups in total. The molecule has 0 heterocycles. The third kappa shape index (κ3) is 2.67. The van der Waals surface area contributed by atoms with Crippen LogP contribution in [0.4, 0.5) is 0 Å².